The number of aromatic nitrogens is 1. The molecule has 0 unspecified atom stereocenters. The van der Waals surface area contributed by atoms with Gasteiger partial charge in [0.1, 0.15) is 5.69 Å². The van der Waals surface area contributed by atoms with Crippen LogP contribution in [0, 0.1) is 0 Å². The number of hydrogen-bond donors (Lipinski definition) is 1. The molecule has 0 aliphatic carbocycles. The number of benzene rings is 1. The van der Waals surface area contributed by atoms with Gasteiger partial charge in [0.25, 0.3) is 0 Å². The van der Waals surface area contributed by atoms with Crippen molar-refractivity contribution in [2.45, 2.75) is 12.8 Å². The van der Waals surface area contributed by atoms with Crippen LogP contribution in [0.5, 0.6) is 0 Å². The molecule has 6 heteroatoms. The zero-order valence-corrected chi connectivity index (χ0v) is 10.3. The maximum atomic E-state index is 12.4. The van der Waals surface area contributed by atoms with Crippen molar-refractivity contribution in [3.8, 4) is 11.1 Å². The summed E-state index contributed by atoms with van der Waals surface area (Å²) in [5, 5.41) is 9.31. The van der Waals surface area contributed by atoms with E-state index in [1.165, 1.54) is 6.07 Å². The Bertz CT molecular complexity index is 581. The highest BCUT2D eigenvalue weighted by Gasteiger charge is 2.32. The first-order chi connectivity index (χ1) is 8.91. The van der Waals surface area contributed by atoms with E-state index in [1.54, 1.807) is 18.2 Å². The Hall–Kier alpha value is -1.59. The minimum atomic E-state index is -4.46. The molecule has 0 aliphatic heterocycles. The number of aliphatic hydroxyl groups excluding tert-OH is 1. The van der Waals surface area contributed by atoms with E-state index in [-0.39, 0.29) is 6.61 Å². The summed E-state index contributed by atoms with van der Waals surface area (Å²) in [4.78, 5) is 3.38. The highest BCUT2D eigenvalue weighted by atomic mass is 35.5. The monoisotopic (exact) mass is 287 g/mol. The van der Waals surface area contributed by atoms with Gasteiger partial charge in [-0.2, -0.15) is 13.2 Å². The second kappa shape index (κ2) is 5.19. The Kier molecular flexibility index (Phi) is 3.78. The molecule has 19 heavy (non-hydrogen) atoms. The molecule has 0 aliphatic rings. The van der Waals surface area contributed by atoms with Crippen molar-refractivity contribution in [1.29, 1.82) is 0 Å². The molecule has 0 radical (unpaired) electrons. The van der Waals surface area contributed by atoms with Gasteiger partial charge < -0.3 is 5.11 Å². The fraction of sp³-hybridized carbons (Fsp3) is 0.154. The topological polar surface area (TPSA) is 33.1 Å². The number of rotatable bonds is 2. The third-order valence-electron chi connectivity index (χ3n) is 2.58. The second-order valence-corrected chi connectivity index (χ2v) is 4.31. The number of alkyl halides is 3. The van der Waals surface area contributed by atoms with Crippen LogP contribution in [0.4, 0.5) is 13.2 Å². The van der Waals surface area contributed by atoms with Crippen LogP contribution in [0.15, 0.2) is 36.5 Å². The van der Waals surface area contributed by atoms with E-state index in [4.69, 9.17) is 16.7 Å². The van der Waals surface area contributed by atoms with Crippen LogP contribution in [0.3, 0.4) is 0 Å². The minimum absolute atomic E-state index is 0.148. The lowest BCUT2D eigenvalue weighted by Crippen LogP contribution is -2.07. The lowest BCUT2D eigenvalue weighted by Gasteiger charge is -2.08. The molecule has 2 nitrogen and oxygen atoms in total. The second-order valence-electron chi connectivity index (χ2n) is 3.90. The van der Waals surface area contributed by atoms with E-state index in [2.05, 4.69) is 4.98 Å². The number of hydrogen-bond acceptors (Lipinski definition) is 2. The normalized spacial score (nSPS) is 11.6. The maximum absolute atomic E-state index is 12.4. The molecular formula is C13H9ClF3NO. The lowest BCUT2D eigenvalue weighted by molar-refractivity contribution is -0.141. The third-order valence-corrected chi connectivity index (χ3v) is 2.89. The Morgan fingerprint density at radius 2 is 1.89 bits per heavy atom. The van der Waals surface area contributed by atoms with E-state index < -0.39 is 11.9 Å². The van der Waals surface area contributed by atoms with Gasteiger partial charge in [0.15, 0.2) is 0 Å². The summed E-state index contributed by atoms with van der Waals surface area (Å²) in [6.07, 6.45) is -3.33. The average Bonchev–Trinajstić information content (AvgIpc) is 2.37. The van der Waals surface area contributed by atoms with Crippen LogP contribution in [0.25, 0.3) is 11.1 Å². The molecule has 0 saturated heterocycles. The number of pyridine rings is 1. The SMILES string of the molecule is OCc1ccc(-c2ccc(C(F)(F)F)nc2)c(Cl)c1. The summed E-state index contributed by atoms with van der Waals surface area (Å²) in [7, 11) is 0. The summed E-state index contributed by atoms with van der Waals surface area (Å²) in [5.41, 5.74) is 0.746. The molecule has 0 saturated carbocycles. The van der Waals surface area contributed by atoms with E-state index in [9.17, 15) is 13.2 Å². The highest BCUT2D eigenvalue weighted by Crippen LogP contribution is 2.31. The Balaban J connectivity index is 2.37. The quantitative estimate of drug-likeness (QED) is 0.908. The zero-order valence-electron chi connectivity index (χ0n) is 9.58. The summed E-state index contributed by atoms with van der Waals surface area (Å²) in [6, 6.07) is 7.08. The molecule has 1 heterocycles. The Morgan fingerprint density at radius 1 is 1.16 bits per heavy atom. The van der Waals surface area contributed by atoms with E-state index >= 15 is 0 Å². The van der Waals surface area contributed by atoms with E-state index in [0.717, 1.165) is 12.3 Å². The van der Waals surface area contributed by atoms with Crippen LogP contribution in [-0.4, -0.2) is 10.1 Å². The van der Waals surface area contributed by atoms with Crippen molar-refractivity contribution < 1.29 is 18.3 Å². The van der Waals surface area contributed by atoms with Gasteiger partial charge in [-0.05, 0) is 17.7 Å². The number of halogens is 4. The van der Waals surface area contributed by atoms with Gasteiger partial charge in [-0.3, -0.25) is 4.98 Å². The first-order valence-electron chi connectivity index (χ1n) is 5.34. The molecule has 0 bridgehead atoms. The molecule has 0 spiro atoms. The van der Waals surface area contributed by atoms with E-state index in [0.29, 0.717) is 21.7 Å². The van der Waals surface area contributed by atoms with Gasteiger partial charge >= 0.3 is 6.18 Å². The van der Waals surface area contributed by atoms with Gasteiger partial charge in [-0.15, -0.1) is 0 Å². The Labute approximate surface area is 112 Å². The van der Waals surface area contributed by atoms with Gasteiger partial charge in [0.05, 0.1) is 6.61 Å². The smallest absolute Gasteiger partial charge is 0.392 e. The van der Waals surface area contributed by atoms with Crippen molar-refractivity contribution in [2.75, 3.05) is 0 Å². The van der Waals surface area contributed by atoms with Crippen molar-refractivity contribution >= 4 is 11.6 Å². The van der Waals surface area contributed by atoms with Gasteiger partial charge in [-0.1, -0.05) is 29.8 Å². The van der Waals surface area contributed by atoms with Crippen LogP contribution < -0.4 is 0 Å². The number of nitrogens with zero attached hydrogens (tertiary/aromatic N) is 1. The molecule has 1 N–H and O–H groups in total. The average molecular weight is 288 g/mol. The summed E-state index contributed by atoms with van der Waals surface area (Å²) in [6.45, 7) is -0.148. The van der Waals surface area contributed by atoms with Gasteiger partial charge in [-0.25, -0.2) is 0 Å². The lowest BCUT2D eigenvalue weighted by atomic mass is 10.1. The van der Waals surface area contributed by atoms with Crippen LogP contribution in [0.2, 0.25) is 5.02 Å². The van der Waals surface area contributed by atoms with Gasteiger partial charge in [0, 0.05) is 22.3 Å². The fourth-order valence-electron chi connectivity index (χ4n) is 1.61. The largest absolute Gasteiger partial charge is 0.433 e. The van der Waals surface area contributed by atoms with Crippen molar-refractivity contribution in [1.82, 2.24) is 4.98 Å². The summed E-state index contributed by atoms with van der Waals surface area (Å²) >= 11 is 6.01. The first-order valence-corrected chi connectivity index (χ1v) is 5.72. The predicted molar refractivity (Wildman–Crippen MR) is 65.6 cm³/mol. The molecule has 0 fully saturated rings. The van der Waals surface area contributed by atoms with Crippen molar-refractivity contribution in [2.24, 2.45) is 0 Å². The molecule has 100 valence electrons. The number of aliphatic hydroxyl groups is 1. The van der Waals surface area contributed by atoms with E-state index in [1.807, 2.05) is 0 Å². The standard InChI is InChI=1S/C13H9ClF3NO/c14-11-5-8(7-19)1-3-10(11)9-2-4-12(18-6-9)13(15,16)17/h1-6,19H,7H2. The Morgan fingerprint density at radius 3 is 2.37 bits per heavy atom. The molecule has 1 aromatic carbocycles. The van der Waals surface area contributed by atoms with Crippen LogP contribution >= 0.6 is 11.6 Å². The van der Waals surface area contributed by atoms with Gasteiger partial charge in [0.2, 0.25) is 0 Å². The van der Waals surface area contributed by atoms with Crippen LogP contribution in [-0.2, 0) is 12.8 Å². The maximum Gasteiger partial charge on any atom is 0.433 e. The van der Waals surface area contributed by atoms with Crippen molar-refractivity contribution in [3.63, 3.8) is 0 Å². The molecule has 1 aromatic heterocycles. The summed E-state index contributed by atoms with van der Waals surface area (Å²) in [5.74, 6) is 0. The highest BCUT2D eigenvalue weighted by molar-refractivity contribution is 6.33. The molecule has 0 atom stereocenters. The minimum Gasteiger partial charge on any atom is -0.392 e. The molecule has 0 amide bonds. The fourth-order valence-corrected chi connectivity index (χ4v) is 1.92. The first kappa shape index (κ1) is 13.8. The predicted octanol–water partition coefficient (Wildman–Crippen LogP) is 3.91. The molecule has 2 aromatic rings. The van der Waals surface area contributed by atoms with Crippen molar-refractivity contribution in [3.05, 3.63) is 52.8 Å². The molecule has 2 rings (SSSR count). The van der Waals surface area contributed by atoms with Crippen LogP contribution in [0.1, 0.15) is 11.3 Å². The zero-order chi connectivity index (χ0) is 14.0. The third kappa shape index (κ3) is 3.05. The molecular weight excluding hydrogens is 279 g/mol. The summed E-state index contributed by atoms with van der Waals surface area (Å²) < 4.78 is 37.2.